The largest absolute Gasteiger partial charge is 0.299 e. The molecule has 0 spiro atoms. The van der Waals surface area contributed by atoms with Crippen LogP contribution in [-0.2, 0) is 6.42 Å². The summed E-state index contributed by atoms with van der Waals surface area (Å²) in [5, 5.41) is 8.76. The summed E-state index contributed by atoms with van der Waals surface area (Å²) < 4.78 is 2.16. The predicted molar refractivity (Wildman–Crippen MR) is 65.7 cm³/mol. The molecule has 1 heterocycles. The van der Waals surface area contributed by atoms with Gasteiger partial charge in [-0.2, -0.15) is 0 Å². The quantitative estimate of drug-likeness (QED) is 0.809. The Morgan fingerprint density at radius 3 is 2.56 bits per heavy atom. The Kier molecular flexibility index (Phi) is 3.85. The number of hydrogen-bond acceptors (Lipinski definition) is 2. The number of halogens is 1. The van der Waals surface area contributed by atoms with Gasteiger partial charge in [0, 0.05) is 12.5 Å². The Labute approximate surface area is 102 Å². The highest BCUT2D eigenvalue weighted by atomic mass is 35.5. The first-order valence-corrected chi connectivity index (χ1v) is 6.69. The van der Waals surface area contributed by atoms with Crippen LogP contribution < -0.4 is 0 Å². The minimum Gasteiger partial charge on any atom is -0.299 e. The molecule has 90 valence electrons. The highest BCUT2D eigenvalue weighted by Gasteiger charge is 2.23. The summed E-state index contributed by atoms with van der Waals surface area (Å²) >= 11 is 6.14. The van der Waals surface area contributed by atoms with E-state index in [0.29, 0.717) is 11.3 Å². The van der Waals surface area contributed by atoms with Gasteiger partial charge in [0.25, 0.3) is 0 Å². The molecule has 1 saturated carbocycles. The van der Waals surface area contributed by atoms with Crippen LogP contribution >= 0.6 is 11.6 Å². The second-order valence-corrected chi connectivity index (χ2v) is 5.26. The van der Waals surface area contributed by atoms with E-state index in [9.17, 15) is 0 Å². The maximum atomic E-state index is 6.14. The van der Waals surface area contributed by atoms with Crippen molar-refractivity contribution >= 4 is 11.6 Å². The molecule has 1 aromatic heterocycles. The summed E-state index contributed by atoms with van der Waals surface area (Å²) in [4.78, 5) is 0. The first-order valence-electron chi connectivity index (χ1n) is 6.31. The van der Waals surface area contributed by atoms with Gasteiger partial charge >= 0.3 is 0 Å². The molecule has 2 rings (SSSR count). The van der Waals surface area contributed by atoms with Gasteiger partial charge in [-0.3, -0.25) is 4.57 Å². The van der Waals surface area contributed by atoms with Crippen LogP contribution in [0.25, 0.3) is 0 Å². The number of rotatable bonds is 3. The molecule has 16 heavy (non-hydrogen) atoms. The molecule has 0 radical (unpaired) electrons. The van der Waals surface area contributed by atoms with Gasteiger partial charge in [0.15, 0.2) is 0 Å². The minimum absolute atomic E-state index is 0.528. The lowest BCUT2D eigenvalue weighted by Crippen LogP contribution is -2.19. The number of hydrogen-bond donors (Lipinski definition) is 0. The summed E-state index contributed by atoms with van der Waals surface area (Å²) in [6.45, 7) is 4.49. The van der Waals surface area contributed by atoms with Crippen molar-refractivity contribution in [1.29, 1.82) is 0 Å². The van der Waals surface area contributed by atoms with Crippen LogP contribution in [0.3, 0.4) is 0 Å². The van der Waals surface area contributed by atoms with E-state index in [2.05, 4.69) is 28.6 Å². The molecular formula is C12H20ClN3. The van der Waals surface area contributed by atoms with Crippen molar-refractivity contribution in [3.8, 4) is 0 Å². The van der Waals surface area contributed by atoms with E-state index < -0.39 is 0 Å². The van der Waals surface area contributed by atoms with Crippen LogP contribution in [0.2, 0.25) is 5.28 Å². The standard InChI is InChI=1S/C12H20ClN3/c1-3-4-11-14-15-12(13)16(11)10-7-5-9(2)6-8-10/h9-10H,3-8H2,1-2H3. The first-order chi connectivity index (χ1) is 7.72. The smallest absolute Gasteiger partial charge is 0.225 e. The van der Waals surface area contributed by atoms with Crippen molar-refractivity contribution in [3.63, 3.8) is 0 Å². The summed E-state index contributed by atoms with van der Waals surface area (Å²) in [6, 6.07) is 0.528. The highest BCUT2D eigenvalue weighted by Crippen LogP contribution is 2.34. The normalized spacial score (nSPS) is 25.9. The molecule has 0 bridgehead atoms. The molecule has 0 N–H and O–H groups in total. The lowest BCUT2D eigenvalue weighted by Gasteiger charge is -2.28. The van der Waals surface area contributed by atoms with Crippen LogP contribution in [-0.4, -0.2) is 14.8 Å². The Hall–Kier alpha value is -0.570. The Morgan fingerprint density at radius 2 is 1.94 bits per heavy atom. The van der Waals surface area contributed by atoms with E-state index in [0.717, 1.165) is 24.6 Å². The van der Waals surface area contributed by atoms with Crippen LogP contribution in [0.4, 0.5) is 0 Å². The van der Waals surface area contributed by atoms with Gasteiger partial charge in [0.1, 0.15) is 5.82 Å². The molecule has 0 saturated heterocycles. The molecule has 0 unspecified atom stereocenters. The van der Waals surface area contributed by atoms with Crippen molar-refractivity contribution in [2.24, 2.45) is 5.92 Å². The van der Waals surface area contributed by atoms with Crippen LogP contribution in [0, 0.1) is 5.92 Å². The van der Waals surface area contributed by atoms with Crippen LogP contribution in [0.1, 0.15) is 57.8 Å². The van der Waals surface area contributed by atoms with Gasteiger partial charge < -0.3 is 0 Å². The Bertz CT molecular complexity index is 340. The maximum absolute atomic E-state index is 6.14. The first kappa shape index (κ1) is 11.9. The van der Waals surface area contributed by atoms with E-state index >= 15 is 0 Å². The molecule has 1 fully saturated rings. The fourth-order valence-corrected chi connectivity index (χ4v) is 2.83. The molecule has 0 amide bonds. The van der Waals surface area contributed by atoms with Gasteiger partial charge in [0.05, 0.1) is 0 Å². The third-order valence-corrected chi connectivity index (χ3v) is 3.81. The van der Waals surface area contributed by atoms with Crippen molar-refractivity contribution in [1.82, 2.24) is 14.8 Å². The number of nitrogens with zero attached hydrogens (tertiary/aromatic N) is 3. The van der Waals surface area contributed by atoms with Crippen LogP contribution in [0.15, 0.2) is 0 Å². The van der Waals surface area contributed by atoms with Crippen molar-refractivity contribution < 1.29 is 0 Å². The number of aryl methyl sites for hydroxylation is 1. The van der Waals surface area contributed by atoms with Gasteiger partial charge in [-0.1, -0.05) is 13.8 Å². The SMILES string of the molecule is CCCc1nnc(Cl)n1C1CCC(C)CC1. The fourth-order valence-electron chi connectivity index (χ4n) is 2.56. The second kappa shape index (κ2) is 5.17. The third-order valence-electron chi connectivity index (χ3n) is 3.55. The summed E-state index contributed by atoms with van der Waals surface area (Å²) in [5.74, 6) is 1.92. The zero-order chi connectivity index (χ0) is 11.5. The molecule has 0 aromatic carbocycles. The molecule has 0 aliphatic heterocycles. The summed E-state index contributed by atoms with van der Waals surface area (Å²) in [6.07, 6.45) is 7.10. The molecule has 0 atom stereocenters. The summed E-state index contributed by atoms with van der Waals surface area (Å²) in [5.41, 5.74) is 0. The Balaban J connectivity index is 2.15. The third kappa shape index (κ3) is 2.40. The van der Waals surface area contributed by atoms with Gasteiger partial charge in [0.2, 0.25) is 5.28 Å². The van der Waals surface area contributed by atoms with E-state index in [1.165, 1.54) is 25.7 Å². The van der Waals surface area contributed by atoms with Crippen LogP contribution in [0.5, 0.6) is 0 Å². The van der Waals surface area contributed by atoms with Gasteiger partial charge in [-0.15, -0.1) is 10.2 Å². The summed E-state index contributed by atoms with van der Waals surface area (Å²) in [7, 11) is 0. The maximum Gasteiger partial charge on any atom is 0.225 e. The second-order valence-electron chi connectivity index (χ2n) is 4.92. The average Bonchev–Trinajstić information content (AvgIpc) is 2.62. The van der Waals surface area contributed by atoms with Crippen molar-refractivity contribution in [2.45, 2.75) is 58.4 Å². The zero-order valence-electron chi connectivity index (χ0n) is 10.1. The molecule has 1 aliphatic rings. The lowest BCUT2D eigenvalue weighted by atomic mass is 9.87. The molecular weight excluding hydrogens is 222 g/mol. The minimum atomic E-state index is 0.528. The average molecular weight is 242 g/mol. The van der Waals surface area contributed by atoms with Gasteiger partial charge in [-0.25, -0.2) is 0 Å². The predicted octanol–water partition coefficient (Wildman–Crippen LogP) is 3.64. The monoisotopic (exact) mass is 241 g/mol. The molecule has 1 aromatic rings. The lowest BCUT2D eigenvalue weighted by molar-refractivity contribution is 0.284. The number of aromatic nitrogens is 3. The fraction of sp³-hybridized carbons (Fsp3) is 0.833. The zero-order valence-corrected chi connectivity index (χ0v) is 10.9. The van der Waals surface area contributed by atoms with Crippen molar-refractivity contribution in [2.75, 3.05) is 0 Å². The topological polar surface area (TPSA) is 30.7 Å². The van der Waals surface area contributed by atoms with E-state index in [1.54, 1.807) is 0 Å². The van der Waals surface area contributed by atoms with Crippen molar-refractivity contribution in [3.05, 3.63) is 11.1 Å². The highest BCUT2D eigenvalue weighted by molar-refractivity contribution is 6.28. The van der Waals surface area contributed by atoms with Gasteiger partial charge in [-0.05, 0) is 49.6 Å². The molecule has 3 nitrogen and oxygen atoms in total. The van der Waals surface area contributed by atoms with E-state index in [-0.39, 0.29) is 0 Å². The van der Waals surface area contributed by atoms with E-state index in [1.807, 2.05) is 0 Å². The Morgan fingerprint density at radius 1 is 1.25 bits per heavy atom. The van der Waals surface area contributed by atoms with E-state index in [4.69, 9.17) is 11.6 Å². The molecule has 1 aliphatic carbocycles. The molecule has 4 heteroatoms.